The molecule has 106 valence electrons. The Labute approximate surface area is 122 Å². The third kappa shape index (κ3) is 4.19. The van der Waals surface area contributed by atoms with Gasteiger partial charge in [-0.15, -0.1) is 0 Å². The van der Waals surface area contributed by atoms with E-state index in [0.29, 0.717) is 0 Å². The van der Waals surface area contributed by atoms with Crippen molar-refractivity contribution in [3.8, 4) is 0 Å². The number of nitrogens with one attached hydrogen (secondary N) is 1. The Morgan fingerprint density at radius 2 is 1.65 bits per heavy atom. The van der Waals surface area contributed by atoms with E-state index in [4.69, 9.17) is 4.74 Å². The number of hydrogen-bond acceptors (Lipinski definition) is 1. The van der Waals surface area contributed by atoms with Crippen molar-refractivity contribution in [2.45, 2.75) is 13.0 Å². The van der Waals surface area contributed by atoms with E-state index in [1.165, 1.54) is 21.6 Å². The van der Waals surface area contributed by atoms with Gasteiger partial charge >= 0.3 is 0 Å². The minimum atomic E-state index is 0.0236. The van der Waals surface area contributed by atoms with Gasteiger partial charge in [0.25, 0.3) is 0 Å². The largest absolute Gasteiger partial charge is 0.363 e. The fraction of sp³-hybridized carbons (Fsp3) is 0.333. The zero-order valence-corrected chi connectivity index (χ0v) is 12.6. The predicted molar refractivity (Wildman–Crippen MR) is 83.1 cm³/mol. The van der Waals surface area contributed by atoms with E-state index in [1.54, 1.807) is 0 Å². The molecule has 1 N–H and O–H groups in total. The second kappa shape index (κ2) is 7.22. The van der Waals surface area contributed by atoms with E-state index in [1.807, 2.05) is 6.07 Å². The molecule has 0 heterocycles. The van der Waals surface area contributed by atoms with Crippen LogP contribution >= 0.6 is 0 Å². The van der Waals surface area contributed by atoms with Crippen LogP contribution in [0.4, 0.5) is 0 Å². The quantitative estimate of drug-likeness (QED) is 0.850. The van der Waals surface area contributed by atoms with Gasteiger partial charge in [-0.25, -0.2) is 0 Å². The summed E-state index contributed by atoms with van der Waals surface area (Å²) in [5.74, 6) is 0. The third-order valence-electron chi connectivity index (χ3n) is 3.33. The van der Waals surface area contributed by atoms with Gasteiger partial charge in [0.1, 0.15) is 12.6 Å². The maximum absolute atomic E-state index is 6.16. The van der Waals surface area contributed by atoms with Crippen LogP contribution in [0, 0.1) is 6.92 Å². The topological polar surface area (TPSA) is 13.7 Å². The maximum Gasteiger partial charge on any atom is 0.108 e. The van der Waals surface area contributed by atoms with E-state index in [-0.39, 0.29) is 6.10 Å². The fourth-order valence-electron chi connectivity index (χ4n) is 2.23. The number of likely N-dealkylation sites (N-methyl/N-ethyl adjacent to an activating group) is 1. The van der Waals surface area contributed by atoms with Crippen molar-refractivity contribution in [3.63, 3.8) is 0 Å². The molecule has 0 fully saturated rings. The molecule has 0 aromatic heterocycles. The zero-order chi connectivity index (χ0) is 14.4. The van der Waals surface area contributed by atoms with Gasteiger partial charge in [-0.3, -0.25) is 0 Å². The first-order valence-corrected chi connectivity index (χ1v) is 7.19. The molecule has 0 saturated carbocycles. The van der Waals surface area contributed by atoms with Gasteiger partial charge < -0.3 is 9.64 Å². The average molecular weight is 270 g/mol. The first-order valence-electron chi connectivity index (χ1n) is 7.19. The summed E-state index contributed by atoms with van der Waals surface area (Å²) in [6.45, 7) is 3.89. The molecule has 0 aliphatic rings. The van der Waals surface area contributed by atoms with Crippen LogP contribution in [0.15, 0.2) is 54.6 Å². The van der Waals surface area contributed by atoms with Crippen molar-refractivity contribution in [1.29, 1.82) is 0 Å². The molecular formula is C18H24NO+. The highest BCUT2D eigenvalue weighted by Gasteiger charge is 2.15. The number of benzene rings is 2. The van der Waals surface area contributed by atoms with Crippen LogP contribution in [0.2, 0.25) is 0 Å². The van der Waals surface area contributed by atoms with Crippen molar-refractivity contribution < 1.29 is 9.64 Å². The molecule has 2 aromatic carbocycles. The summed E-state index contributed by atoms with van der Waals surface area (Å²) in [6.07, 6.45) is 0.0236. The minimum Gasteiger partial charge on any atom is -0.363 e. The van der Waals surface area contributed by atoms with Gasteiger partial charge in [-0.1, -0.05) is 60.2 Å². The Balaban J connectivity index is 2.20. The number of hydrogen-bond donors (Lipinski definition) is 1. The van der Waals surface area contributed by atoms with Gasteiger partial charge in [0, 0.05) is 0 Å². The van der Waals surface area contributed by atoms with Gasteiger partial charge in [-0.2, -0.15) is 0 Å². The Hall–Kier alpha value is -1.64. The molecule has 2 heteroatoms. The lowest BCUT2D eigenvalue weighted by atomic mass is 10.00. The molecule has 2 rings (SSSR count). The summed E-state index contributed by atoms with van der Waals surface area (Å²) >= 11 is 0. The highest BCUT2D eigenvalue weighted by atomic mass is 16.5. The fourth-order valence-corrected chi connectivity index (χ4v) is 2.23. The highest BCUT2D eigenvalue weighted by Crippen LogP contribution is 2.26. The SMILES string of the molecule is Cc1cccc([C@@H](OCC[NH+](C)C)c2ccccc2)c1. The zero-order valence-electron chi connectivity index (χ0n) is 12.6. The smallest absolute Gasteiger partial charge is 0.108 e. The summed E-state index contributed by atoms with van der Waals surface area (Å²) in [6, 6.07) is 19.0. The molecular weight excluding hydrogens is 246 g/mol. The molecule has 1 atom stereocenters. The summed E-state index contributed by atoms with van der Waals surface area (Å²) in [7, 11) is 4.29. The number of rotatable bonds is 6. The molecule has 0 aliphatic heterocycles. The van der Waals surface area contributed by atoms with Crippen molar-refractivity contribution in [2.75, 3.05) is 27.2 Å². The van der Waals surface area contributed by atoms with Gasteiger partial charge in [-0.05, 0) is 18.1 Å². The molecule has 0 saturated heterocycles. The molecule has 0 bridgehead atoms. The van der Waals surface area contributed by atoms with E-state index in [9.17, 15) is 0 Å². The Kier molecular flexibility index (Phi) is 5.33. The van der Waals surface area contributed by atoms with Gasteiger partial charge in [0.2, 0.25) is 0 Å². The van der Waals surface area contributed by atoms with Crippen LogP contribution in [0.1, 0.15) is 22.8 Å². The van der Waals surface area contributed by atoms with Gasteiger partial charge in [0.05, 0.1) is 20.7 Å². The average Bonchev–Trinajstić information content (AvgIpc) is 2.44. The van der Waals surface area contributed by atoms with Crippen LogP contribution in [0.5, 0.6) is 0 Å². The normalized spacial score (nSPS) is 12.6. The summed E-state index contributed by atoms with van der Waals surface area (Å²) in [5, 5.41) is 0. The lowest BCUT2D eigenvalue weighted by Crippen LogP contribution is -3.06. The molecule has 2 aromatic rings. The number of ether oxygens (including phenoxy) is 1. The maximum atomic E-state index is 6.16. The molecule has 0 radical (unpaired) electrons. The minimum absolute atomic E-state index is 0.0236. The summed E-state index contributed by atoms with van der Waals surface area (Å²) < 4.78 is 6.16. The Morgan fingerprint density at radius 1 is 0.950 bits per heavy atom. The first kappa shape index (κ1) is 14.8. The van der Waals surface area contributed by atoms with Gasteiger partial charge in [0.15, 0.2) is 0 Å². The molecule has 0 spiro atoms. The van der Waals surface area contributed by atoms with Crippen LogP contribution in [-0.2, 0) is 4.74 Å². The summed E-state index contributed by atoms with van der Waals surface area (Å²) in [4.78, 5) is 1.40. The number of quaternary nitrogens is 1. The lowest BCUT2D eigenvalue weighted by molar-refractivity contribution is -0.858. The highest BCUT2D eigenvalue weighted by molar-refractivity contribution is 5.32. The van der Waals surface area contributed by atoms with Crippen molar-refractivity contribution in [1.82, 2.24) is 0 Å². The summed E-state index contributed by atoms with van der Waals surface area (Å²) in [5.41, 5.74) is 3.71. The lowest BCUT2D eigenvalue weighted by Gasteiger charge is -2.20. The van der Waals surface area contributed by atoms with Crippen LogP contribution in [0.25, 0.3) is 0 Å². The molecule has 2 nitrogen and oxygen atoms in total. The second-order valence-electron chi connectivity index (χ2n) is 5.53. The van der Waals surface area contributed by atoms with E-state index in [0.717, 1.165) is 13.2 Å². The van der Waals surface area contributed by atoms with Crippen molar-refractivity contribution in [2.24, 2.45) is 0 Å². The monoisotopic (exact) mass is 270 g/mol. The molecule has 0 amide bonds. The second-order valence-corrected chi connectivity index (χ2v) is 5.53. The van der Waals surface area contributed by atoms with E-state index >= 15 is 0 Å². The van der Waals surface area contributed by atoms with E-state index < -0.39 is 0 Å². The first-order chi connectivity index (χ1) is 9.66. The van der Waals surface area contributed by atoms with Crippen molar-refractivity contribution >= 4 is 0 Å². The molecule has 0 aliphatic carbocycles. The molecule has 0 unspecified atom stereocenters. The number of aryl methyl sites for hydroxylation is 1. The standard InChI is InChI=1S/C18H23NO/c1-15-8-7-11-17(14-15)18(20-13-12-19(2)3)16-9-5-4-6-10-16/h4-11,14,18H,12-13H2,1-3H3/p+1/t18-/m0/s1. The van der Waals surface area contributed by atoms with Crippen LogP contribution < -0.4 is 4.90 Å². The van der Waals surface area contributed by atoms with Crippen LogP contribution in [0.3, 0.4) is 0 Å². The van der Waals surface area contributed by atoms with E-state index in [2.05, 4.69) is 69.6 Å². The molecule has 20 heavy (non-hydrogen) atoms. The third-order valence-corrected chi connectivity index (χ3v) is 3.33. The van der Waals surface area contributed by atoms with Crippen LogP contribution in [-0.4, -0.2) is 27.2 Å². The Morgan fingerprint density at radius 3 is 2.30 bits per heavy atom. The van der Waals surface area contributed by atoms with Crippen molar-refractivity contribution in [3.05, 3.63) is 71.3 Å². The predicted octanol–water partition coefficient (Wildman–Crippen LogP) is 2.25. The Bertz CT molecular complexity index is 522.